The minimum Gasteiger partial charge on any atom is -0.507 e. The number of phenolic OH excluding ortho intramolecular Hbond substituents is 1. The Labute approximate surface area is 190 Å². The quantitative estimate of drug-likeness (QED) is 0.337. The zero-order valence-corrected chi connectivity index (χ0v) is 18.0. The third kappa shape index (κ3) is 4.34. The van der Waals surface area contributed by atoms with Crippen LogP contribution in [-0.2, 0) is 6.54 Å². The molecule has 0 fully saturated rings. The molecule has 6 nitrogen and oxygen atoms in total. The number of hydrogen-bond acceptors (Lipinski definition) is 4. The fraction of sp³-hybridized carbons (Fsp3) is 0.0800. The van der Waals surface area contributed by atoms with Crippen LogP contribution in [0.25, 0.3) is 10.9 Å². The summed E-state index contributed by atoms with van der Waals surface area (Å²) in [6.07, 6.45) is 3.59. The number of rotatable bonds is 5. The number of nitrogens with one attached hydrogen (secondary N) is 1. The summed E-state index contributed by atoms with van der Waals surface area (Å²) in [6, 6.07) is 19.8. The number of nitrogens with zero attached hydrogens (tertiary/aromatic N) is 3. The van der Waals surface area contributed by atoms with Crippen molar-refractivity contribution in [3.8, 4) is 11.8 Å². The predicted molar refractivity (Wildman–Crippen MR) is 125 cm³/mol. The van der Waals surface area contributed by atoms with Gasteiger partial charge in [0.2, 0.25) is 0 Å². The van der Waals surface area contributed by atoms with Gasteiger partial charge in [0.15, 0.2) is 0 Å². The van der Waals surface area contributed by atoms with E-state index >= 15 is 0 Å². The highest BCUT2D eigenvalue weighted by molar-refractivity contribution is 6.31. The van der Waals surface area contributed by atoms with Crippen LogP contribution in [0.3, 0.4) is 0 Å². The van der Waals surface area contributed by atoms with Gasteiger partial charge in [-0.1, -0.05) is 35.9 Å². The summed E-state index contributed by atoms with van der Waals surface area (Å²) in [5.41, 5.74) is 6.77. The first-order chi connectivity index (χ1) is 15.5. The lowest BCUT2D eigenvalue weighted by atomic mass is 10.1. The largest absolute Gasteiger partial charge is 0.507 e. The molecule has 1 amide bonds. The molecule has 0 saturated carbocycles. The molecule has 0 saturated heterocycles. The summed E-state index contributed by atoms with van der Waals surface area (Å²) in [6.45, 7) is 2.66. The number of carbonyl (C=O) groups excluding carboxylic acids is 1. The summed E-state index contributed by atoms with van der Waals surface area (Å²) in [4.78, 5) is 12.3. The fourth-order valence-corrected chi connectivity index (χ4v) is 3.62. The molecule has 0 aliphatic carbocycles. The Balaban J connectivity index is 1.52. The Morgan fingerprint density at radius 2 is 2.06 bits per heavy atom. The molecule has 0 spiro atoms. The highest BCUT2D eigenvalue weighted by atomic mass is 35.5. The molecule has 4 rings (SSSR count). The van der Waals surface area contributed by atoms with E-state index in [0.29, 0.717) is 6.54 Å². The van der Waals surface area contributed by atoms with Crippen molar-refractivity contribution in [2.75, 3.05) is 0 Å². The van der Waals surface area contributed by atoms with Gasteiger partial charge < -0.3 is 9.67 Å². The number of hydrazone groups is 1. The van der Waals surface area contributed by atoms with Gasteiger partial charge in [-0.3, -0.25) is 4.79 Å². The lowest BCUT2D eigenvalue weighted by molar-refractivity contribution is 0.0955. The number of nitriles is 1. The summed E-state index contributed by atoms with van der Waals surface area (Å²) in [7, 11) is 0. The second kappa shape index (κ2) is 8.96. The van der Waals surface area contributed by atoms with Gasteiger partial charge in [-0.05, 0) is 54.4 Å². The second-order valence-electron chi connectivity index (χ2n) is 7.35. The smallest absolute Gasteiger partial charge is 0.271 e. The lowest BCUT2D eigenvalue weighted by Gasteiger charge is -2.08. The third-order valence-corrected chi connectivity index (χ3v) is 5.59. The van der Waals surface area contributed by atoms with E-state index < -0.39 is 5.91 Å². The minimum atomic E-state index is -0.473. The van der Waals surface area contributed by atoms with E-state index in [1.807, 2.05) is 55.6 Å². The number of hydrogen-bond donors (Lipinski definition) is 2. The molecule has 1 heterocycles. The van der Waals surface area contributed by atoms with Gasteiger partial charge in [0.1, 0.15) is 11.8 Å². The van der Waals surface area contributed by atoms with Crippen LogP contribution < -0.4 is 5.43 Å². The zero-order valence-electron chi connectivity index (χ0n) is 17.2. The summed E-state index contributed by atoms with van der Waals surface area (Å²) in [5, 5.41) is 24.4. The Kier molecular flexibility index (Phi) is 5.93. The van der Waals surface area contributed by atoms with E-state index in [0.717, 1.165) is 32.6 Å². The minimum absolute atomic E-state index is 0.0302. The molecule has 158 valence electrons. The molecule has 0 radical (unpaired) electrons. The van der Waals surface area contributed by atoms with Gasteiger partial charge in [0.25, 0.3) is 5.91 Å². The van der Waals surface area contributed by atoms with E-state index in [-0.39, 0.29) is 16.9 Å². The molecule has 7 heteroatoms. The molecular formula is C25H19ClN4O2. The molecule has 2 N–H and O–H groups in total. The van der Waals surface area contributed by atoms with Crippen LogP contribution in [-0.4, -0.2) is 21.8 Å². The van der Waals surface area contributed by atoms with Gasteiger partial charge >= 0.3 is 0 Å². The Bertz CT molecular complexity index is 1400. The van der Waals surface area contributed by atoms with E-state index in [2.05, 4.69) is 21.2 Å². The van der Waals surface area contributed by atoms with Gasteiger partial charge in [0, 0.05) is 39.8 Å². The summed E-state index contributed by atoms with van der Waals surface area (Å²) >= 11 is 6.26. The van der Waals surface area contributed by atoms with Crippen LogP contribution in [0.2, 0.25) is 5.02 Å². The predicted octanol–water partition coefficient (Wildman–Crippen LogP) is 4.99. The first-order valence-corrected chi connectivity index (χ1v) is 10.2. The van der Waals surface area contributed by atoms with E-state index in [1.165, 1.54) is 18.2 Å². The normalized spacial score (nSPS) is 11.0. The van der Waals surface area contributed by atoms with Crippen LogP contribution in [0.5, 0.6) is 5.75 Å². The van der Waals surface area contributed by atoms with Crippen molar-refractivity contribution in [2.45, 2.75) is 13.5 Å². The molecule has 1 aromatic heterocycles. The van der Waals surface area contributed by atoms with E-state index in [1.54, 1.807) is 6.21 Å². The first kappa shape index (κ1) is 21.2. The van der Waals surface area contributed by atoms with E-state index in [4.69, 9.17) is 16.9 Å². The average Bonchev–Trinajstić information content (AvgIpc) is 3.20. The maximum absolute atomic E-state index is 12.3. The van der Waals surface area contributed by atoms with Crippen molar-refractivity contribution in [1.82, 2.24) is 9.99 Å². The fourth-order valence-electron chi connectivity index (χ4n) is 3.42. The van der Waals surface area contributed by atoms with Crippen molar-refractivity contribution >= 4 is 34.6 Å². The molecule has 0 unspecified atom stereocenters. The topological polar surface area (TPSA) is 90.4 Å². The number of benzene rings is 3. The van der Waals surface area contributed by atoms with Crippen LogP contribution in [0.4, 0.5) is 0 Å². The highest BCUT2D eigenvalue weighted by Gasteiger charge is 2.09. The molecule has 3 aromatic carbocycles. The van der Waals surface area contributed by atoms with Crippen molar-refractivity contribution in [2.24, 2.45) is 5.10 Å². The number of aromatic nitrogens is 1. The highest BCUT2D eigenvalue weighted by Crippen LogP contribution is 2.22. The van der Waals surface area contributed by atoms with Gasteiger partial charge in [-0.2, -0.15) is 10.4 Å². The van der Waals surface area contributed by atoms with Crippen molar-refractivity contribution in [3.63, 3.8) is 0 Å². The molecule has 0 bridgehead atoms. The number of amides is 1. The first-order valence-electron chi connectivity index (χ1n) is 9.85. The molecule has 4 aromatic rings. The molecule has 0 atom stereocenters. The number of carbonyl (C=O) groups is 1. The maximum atomic E-state index is 12.3. The molecule has 32 heavy (non-hydrogen) atoms. The summed E-state index contributed by atoms with van der Waals surface area (Å²) in [5.74, 6) is -0.643. The summed E-state index contributed by atoms with van der Waals surface area (Å²) < 4.78 is 2.13. The van der Waals surface area contributed by atoms with Crippen molar-refractivity contribution in [3.05, 3.63) is 99.7 Å². The number of aryl methyl sites for hydroxylation is 1. The molecule has 0 aliphatic heterocycles. The van der Waals surface area contributed by atoms with Gasteiger partial charge in [-0.25, -0.2) is 5.43 Å². The van der Waals surface area contributed by atoms with Gasteiger partial charge in [-0.15, -0.1) is 0 Å². The SMILES string of the molecule is Cc1ccc(Cn2ccc3c(/C=N/NC(=O)c4ccc(O)c(C#N)c4)cccc32)cc1Cl. The number of aromatic hydroxyl groups is 1. The standard InChI is InChI=1S/C25H19ClN4O2/c1-16-5-6-17(11-22(16)26)15-30-10-9-21-19(3-2-4-23(21)30)14-28-29-25(32)18-7-8-24(31)20(12-18)13-27/h2-12,14,31H,15H2,1H3,(H,29,32)/b28-14+. The van der Waals surface area contributed by atoms with Crippen molar-refractivity contribution in [1.29, 1.82) is 5.26 Å². The monoisotopic (exact) mass is 442 g/mol. The lowest BCUT2D eigenvalue weighted by Crippen LogP contribution is -2.17. The van der Waals surface area contributed by atoms with Crippen LogP contribution in [0.15, 0.2) is 72.0 Å². The van der Waals surface area contributed by atoms with Crippen LogP contribution in [0, 0.1) is 18.3 Å². The number of phenols is 1. The Hall–Kier alpha value is -4.08. The molecule has 0 aliphatic rings. The van der Waals surface area contributed by atoms with E-state index in [9.17, 15) is 9.90 Å². The number of halogens is 1. The third-order valence-electron chi connectivity index (χ3n) is 5.19. The number of fused-ring (bicyclic) bond motifs is 1. The van der Waals surface area contributed by atoms with Crippen LogP contribution in [0.1, 0.15) is 32.6 Å². The van der Waals surface area contributed by atoms with Crippen molar-refractivity contribution < 1.29 is 9.90 Å². The second-order valence-corrected chi connectivity index (χ2v) is 7.76. The Morgan fingerprint density at radius 3 is 2.84 bits per heavy atom. The van der Waals surface area contributed by atoms with Crippen LogP contribution >= 0.6 is 11.6 Å². The average molecular weight is 443 g/mol. The maximum Gasteiger partial charge on any atom is 0.271 e. The zero-order chi connectivity index (χ0) is 22.7. The Morgan fingerprint density at radius 1 is 1.22 bits per heavy atom. The van der Waals surface area contributed by atoms with Gasteiger partial charge in [0.05, 0.1) is 11.8 Å². The molecular weight excluding hydrogens is 424 g/mol.